The third kappa shape index (κ3) is 3.40. The molecule has 76 valence electrons. The van der Waals surface area contributed by atoms with Gasteiger partial charge in [0.25, 0.3) is 0 Å². The van der Waals surface area contributed by atoms with Crippen molar-refractivity contribution in [1.82, 2.24) is 0 Å². The first-order valence-corrected chi connectivity index (χ1v) is 5.75. The van der Waals surface area contributed by atoms with Crippen molar-refractivity contribution in [3.8, 4) is 0 Å². The Labute approximate surface area is 99.0 Å². The minimum atomic E-state index is -0.233. The summed E-state index contributed by atoms with van der Waals surface area (Å²) < 4.78 is 1.20. The van der Waals surface area contributed by atoms with Gasteiger partial charge in [0.05, 0.1) is 0 Å². The van der Waals surface area contributed by atoms with Crippen molar-refractivity contribution in [1.29, 1.82) is 0 Å². The molecule has 0 aromatic heterocycles. The highest BCUT2D eigenvalue weighted by atomic mass is 127. The van der Waals surface area contributed by atoms with Crippen LogP contribution in [0, 0.1) is 8.99 Å². The Morgan fingerprint density at radius 3 is 2.14 bits per heavy atom. The summed E-state index contributed by atoms with van der Waals surface area (Å²) in [6, 6.07) is 8.11. The maximum atomic E-state index is 11.7. The Balaban J connectivity index is 2.71. The third-order valence-corrected chi connectivity index (χ3v) is 2.83. The maximum Gasteiger partial charge on any atom is 0.142 e. The number of halogens is 1. The van der Waals surface area contributed by atoms with E-state index in [0.717, 1.165) is 5.56 Å². The lowest BCUT2D eigenvalue weighted by molar-refractivity contribution is -0.125. The molecule has 0 aliphatic heterocycles. The summed E-state index contributed by atoms with van der Waals surface area (Å²) >= 11 is 2.26. The van der Waals surface area contributed by atoms with Gasteiger partial charge in [0, 0.05) is 15.4 Å². The first-order chi connectivity index (χ1) is 6.39. The highest BCUT2D eigenvalue weighted by molar-refractivity contribution is 14.1. The van der Waals surface area contributed by atoms with Gasteiger partial charge in [-0.15, -0.1) is 0 Å². The molecule has 0 saturated carbocycles. The van der Waals surface area contributed by atoms with Crippen molar-refractivity contribution < 1.29 is 4.79 Å². The van der Waals surface area contributed by atoms with Gasteiger partial charge in [-0.1, -0.05) is 32.9 Å². The van der Waals surface area contributed by atoms with Gasteiger partial charge in [-0.25, -0.2) is 0 Å². The normalized spacial score (nSPS) is 11.4. The zero-order valence-electron chi connectivity index (χ0n) is 8.80. The molecule has 1 rings (SSSR count). The Bertz CT molecular complexity index is 319. The Morgan fingerprint density at radius 1 is 1.21 bits per heavy atom. The van der Waals surface area contributed by atoms with E-state index in [-0.39, 0.29) is 5.41 Å². The van der Waals surface area contributed by atoms with Crippen LogP contribution in [0.1, 0.15) is 26.3 Å². The van der Waals surface area contributed by atoms with Crippen molar-refractivity contribution in [3.05, 3.63) is 33.4 Å². The molecule has 0 atom stereocenters. The highest BCUT2D eigenvalue weighted by Gasteiger charge is 2.20. The van der Waals surface area contributed by atoms with Gasteiger partial charge >= 0.3 is 0 Å². The van der Waals surface area contributed by atoms with E-state index < -0.39 is 0 Å². The van der Waals surface area contributed by atoms with Gasteiger partial charge in [-0.05, 0) is 40.3 Å². The van der Waals surface area contributed by atoms with E-state index in [1.54, 1.807) is 0 Å². The molecule has 0 aliphatic carbocycles. The number of carbonyl (C=O) groups excluding carboxylic acids is 1. The van der Waals surface area contributed by atoms with Crippen LogP contribution in [-0.2, 0) is 11.2 Å². The smallest absolute Gasteiger partial charge is 0.142 e. The predicted molar refractivity (Wildman–Crippen MR) is 67.3 cm³/mol. The topological polar surface area (TPSA) is 17.1 Å². The largest absolute Gasteiger partial charge is 0.299 e. The molecule has 1 nitrogen and oxygen atoms in total. The van der Waals surface area contributed by atoms with E-state index in [0.29, 0.717) is 12.2 Å². The number of Topliss-reactive ketones (excluding diaryl/α,β-unsaturated/α-hetero) is 1. The molecule has 0 amide bonds. The van der Waals surface area contributed by atoms with Gasteiger partial charge in [0.2, 0.25) is 0 Å². The molecule has 0 spiro atoms. The van der Waals surface area contributed by atoms with Gasteiger partial charge in [-0.3, -0.25) is 4.79 Å². The molecule has 1 aromatic rings. The van der Waals surface area contributed by atoms with E-state index >= 15 is 0 Å². The number of hydrogen-bond acceptors (Lipinski definition) is 1. The number of hydrogen-bond donors (Lipinski definition) is 0. The van der Waals surface area contributed by atoms with Crippen molar-refractivity contribution >= 4 is 28.4 Å². The summed E-state index contributed by atoms with van der Waals surface area (Å²) in [5, 5.41) is 0. The first kappa shape index (κ1) is 11.7. The lowest BCUT2D eigenvalue weighted by Gasteiger charge is -2.16. The van der Waals surface area contributed by atoms with Crippen LogP contribution in [0.4, 0.5) is 0 Å². The van der Waals surface area contributed by atoms with E-state index in [1.165, 1.54) is 3.57 Å². The SMILES string of the molecule is CC(C)(C)C(=O)Cc1ccc(I)cc1. The Morgan fingerprint density at radius 2 is 1.71 bits per heavy atom. The van der Waals surface area contributed by atoms with Crippen LogP contribution in [-0.4, -0.2) is 5.78 Å². The number of carbonyl (C=O) groups is 1. The zero-order valence-corrected chi connectivity index (χ0v) is 11.0. The van der Waals surface area contributed by atoms with Crippen molar-refractivity contribution in [2.45, 2.75) is 27.2 Å². The van der Waals surface area contributed by atoms with Gasteiger partial charge < -0.3 is 0 Å². The Kier molecular flexibility index (Phi) is 3.70. The minimum Gasteiger partial charge on any atom is -0.299 e. The summed E-state index contributed by atoms with van der Waals surface area (Å²) in [5.74, 6) is 0.290. The third-order valence-electron chi connectivity index (χ3n) is 2.11. The van der Waals surface area contributed by atoms with Gasteiger partial charge in [0.1, 0.15) is 5.78 Å². The summed E-state index contributed by atoms with van der Waals surface area (Å²) in [6.45, 7) is 5.88. The summed E-state index contributed by atoms with van der Waals surface area (Å²) in [4.78, 5) is 11.7. The number of ketones is 1. The van der Waals surface area contributed by atoms with E-state index in [9.17, 15) is 4.79 Å². The van der Waals surface area contributed by atoms with E-state index in [2.05, 4.69) is 22.6 Å². The summed E-state index contributed by atoms with van der Waals surface area (Å²) in [7, 11) is 0. The quantitative estimate of drug-likeness (QED) is 0.765. The highest BCUT2D eigenvalue weighted by Crippen LogP contribution is 2.18. The fraction of sp³-hybridized carbons (Fsp3) is 0.417. The molecule has 2 heteroatoms. The van der Waals surface area contributed by atoms with Crippen molar-refractivity contribution in [2.75, 3.05) is 0 Å². The van der Waals surface area contributed by atoms with Gasteiger partial charge in [0.15, 0.2) is 0 Å². The number of rotatable bonds is 2. The van der Waals surface area contributed by atoms with Crippen LogP contribution < -0.4 is 0 Å². The molecule has 0 N–H and O–H groups in total. The molecular formula is C12H15IO. The molecule has 0 bridgehead atoms. The van der Waals surface area contributed by atoms with E-state index in [1.807, 2.05) is 45.0 Å². The molecular weight excluding hydrogens is 287 g/mol. The monoisotopic (exact) mass is 302 g/mol. The second-order valence-electron chi connectivity index (χ2n) is 4.48. The van der Waals surface area contributed by atoms with Crippen LogP contribution in [0.15, 0.2) is 24.3 Å². The first-order valence-electron chi connectivity index (χ1n) is 4.67. The van der Waals surface area contributed by atoms with Crippen molar-refractivity contribution in [3.63, 3.8) is 0 Å². The van der Waals surface area contributed by atoms with Gasteiger partial charge in [-0.2, -0.15) is 0 Å². The molecule has 0 saturated heterocycles. The molecule has 0 fully saturated rings. The second-order valence-corrected chi connectivity index (χ2v) is 5.72. The zero-order chi connectivity index (χ0) is 10.8. The van der Waals surface area contributed by atoms with Crippen LogP contribution in [0.5, 0.6) is 0 Å². The predicted octanol–water partition coefficient (Wildman–Crippen LogP) is 3.45. The van der Waals surface area contributed by atoms with E-state index in [4.69, 9.17) is 0 Å². The van der Waals surface area contributed by atoms with Crippen LogP contribution >= 0.6 is 22.6 Å². The molecule has 14 heavy (non-hydrogen) atoms. The standard InChI is InChI=1S/C12H15IO/c1-12(2,3)11(14)8-9-4-6-10(13)7-5-9/h4-7H,8H2,1-3H3. The van der Waals surface area contributed by atoms with Crippen LogP contribution in [0.3, 0.4) is 0 Å². The fourth-order valence-electron chi connectivity index (χ4n) is 1.05. The number of benzene rings is 1. The fourth-order valence-corrected chi connectivity index (χ4v) is 1.41. The average Bonchev–Trinajstić information content (AvgIpc) is 2.07. The lowest BCUT2D eigenvalue weighted by Crippen LogP contribution is -2.21. The average molecular weight is 302 g/mol. The summed E-state index contributed by atoms with van der Waals surface area (Å²) in [5.41, 5.74) is 0.869. The molecule has 0 radical (unpaired) electrons. The minimum absolute atomic E-state index is 0.233. The maximum absolute atomic E-state index is 11.7. The Hall–Kier alpha value is -0.380. The molecule has 1 aromatic carbocycles. The van der Waals surface area contributed by atoms with Crippen LogP contribution in [0.25, 0.3) is 0 Å². The second kappa shape index (κ2) is 4.43. The van der Waals surface area contributed by atoms with Crippen molar-refractivity contribution in [2.24, 2.45) is 5.41 Å². The molecule has 0 aliphatic rings. The lowest BCUT2D eigenvalue weighted by atomic mass is 9.87. The molecule has 0 unspecified atom stereocenters. The van der Waals surface area contributed by atoms with Crippen LogP contribution in [0.2, 0.25) is 0 Å². The summed E-state index contributed by atoms with van der Waals surface area (Å²) in [6.07, 6.45) is 0.542. The molecule has 0 heterocycles.